The molecule has 0 N–H and O–H groups in total. The first-order chi connectivity index (χ1) is 13.2. The highest BCUT2D eigenvalue weighted by Gasteiger charge is 2.26. The maximum atomic E-state index is 11.8. The Bertz CT molecular complexity index is 1050. The molecule has 2 aromatic carbocycles. The molecule has 0 spiro atoms. The van der Waals surface area contributed by atoms with Crippen LogP contribution in [0.25, 0.3) is 17.1 Å². The first-order valence-electron chi connectivity index (χ1n) is 9.02. The molecule has 0 amide bonds. The van der Waals surface area contributed by atoms with Gasteiger partial charge in [0.2, 0.25) is 0 Å². The number of aromatic nitrogens is 2. The summed E-state index contributed by atoms with van der Waals surface area (Å²) < 4.78 is 7.23. The molecule has 1 aliphatic rings. The van der Waals surface area contributed by atoms with Crippen LogP contribution in [0.15, 0.2) is 67.0 Å². The molecule has 136 valence electrons. The standard InChI is InChI=1S/C22H21N3O2/c1-3-27-21(26)13-15-24-14-12-17-8-4-5-9-18(17)22(24)25-16(2)23-19-10-6-7-11-20(19)25/h4-15,22H,3H2,1-2H3/b15-13+. The third-order valence-electron chi connectivity index (χ3n) is 4.67. The van der Waals surface area contributed by atoms with Gasteiger partial charge in [0.25, 0.3) is 0 Å². The number of para-hydroxylation sites is 2. The number of ether oxygens (including phenoxy) is 1. The van der Waals surface area contributed by atoms with Crippen molar-refractivity contribution in [2.24, 2.45) is 0 Å². The average Bonchev–Trinajstić information content (AvgIpc) is 3.01. The first-order valence-corrected chi connectivity index (χ1v) is 9.02. The van der Waals surface area contributed by atoms with Crippen LogP contribution in [-0.2, 0) is 9.53 Å². The van der Waals surface area contributed by atoms with E-state index in [0.717, 1.165) is 28.0 Å². The zero-order chi connectivity index (χ0) is 18.8. The molecule has 4 rings (SSSR count). The molecule has 0 bridgehead atoms. The Morgan fingerprint density at radius 2 is 1.96 bits per heavy atom. The minimum absolute atomic E-state index is 0.135. The van der Waals surface area contributed by atoms with Gasteiger partial charge in [-0.05, 0) is 37.6 Å². The van der Waals surface area contributed by atoms with Crippen LogP contribution < -0.4 is 0 Å². The minimum Gasteiger partial charge on any atom is -0.463 e. The average molecular weight is 359 g/mol. The maximum absolute atomic E-state index is 11.8. The van der Waals surface area contributed by atoms with Crippen molar-refractivity contribution in [3.05, 3.63) is 84.0 Å². The Morgan fingerprint density at radius 1 is 1.19 bits per heavy atom. The van der Waals surface area contributed by atoms with Gasteiger partial charge in [-0.2, -0.15) is 0 Å². The van der Waals surface area contributed by atoms with Gasteiger partial charge in [0.15, 0.2) is 0 Å². The van der Waals surface area contributed by atoms with E-state index in [1.54, 1.807) is 13.1 Å². The molecular weight excluding hydrogens is 338 g/mol. The van der Waals surface area contributed by atoms with E-state index < -0.39 is 0 Å². The number of benzene rings is 2. The van der Waals surface area contributed by atoms with Crippen LogP contribution in [-0.4, -0.2) is 27.0 Å². The summed E-state index contributed by atoms with van der Waals surface area (Å²) in [5.41, 5.74) is 4.32. The summed E-state index contributed by atoms with van der Waals surface area (Å²) in [6, 6.07) is 16.4. The molecule has 5 nitrogen and oxygen atoms in total. The van der Waals surface area contributed by atoms with E-state index in [1.807, 2.05) is 48.4 Å². The van der Waals surface area contributed by atoms with Gasteiger partial charge in [-0.15, -0.1) is 0 Å². The molecule has 1 aromatic heterocycles. The van der Waals surface area contributed by atoms with Gasteiger partial charge < -0.3 is 14.2 Å². The van der Waals surface area contributed by atoms with E-state index in [1.165, 1.54) is 6.08 Å². The van der Waals surface area contributed by atoms with Crippen LogP contribution >= 0.6 is 0 Å². The molecule has 3 aromatic rings. The number of aryl methyl sites for hydroxylation is 1. The van der Waals surface area contributed by atoms with Crippen LogP contribution in [0.5, 0.6) is 0 Å². The number of nitrogens with zero attached hydrogens (tertiary/aromatic N) is 3. The van der Waals surface area contributed by atoms with Gasteiger partial charge in [0, 0.05) is 24.0 Å². The second-order valence-corrected chi connectivity index (χ2v) is 6.35. The Balaban J connectivity index is 1.85. The van der Waals surface area contributed by atoms with Crippen LogP contribution in [0.2, 0.25) is 0 Å². The topological polar surface area (TPSA) is 47.4 Å². The van der Waals surface area contributed by atoms with E-state index in [4.69, 9.17) is 9.72 Å². The van der Waals surface area contributed by atoms with E-state index in [0.29, 0.717) is 6.61 Å². The lowest BCUT2D eigenvalue weighted by molar-refractivity contribution is -0.137. The van der Waals surface area contributed by atoms with Crippen molar-refractivity contribution >= 4 is 23.1 Å². The summed E-state index contributed by atoms with van der Waals surface area (Å²) in [6.45, 7) is 4.16. The summed E-state index contributed by atoms with van der Waals surface area (Å²) in [4.78, 5) is 18.6. The number of imidazole rings is 1. The summed E-state index contributed by atoms with van der Waals surface area (Å²) >= 11 is 0. The van der Waals surface area contributed by atoms with Crippen molar-refractivity contribution in [2.75, 3.05) is 6.61 Å². The van der Waals surface area contributed by atoms with E-state index in [9.17, 15) is 4.79 Å². The molecule has 1 aliphatic heterocycles. The second kappa shape index (κ2) is 7.11. The zero-order valence-corrected chi connectivity index (χ0v) is 15.4. The lowest BCUT2D eigenvalue weighted by atomic mass is 10.0. The lowest BCUT2D eigenvalue weighted by Gasteiger charge is -2.34. The highest BCUT2D eigenvalue weighted by Crippen LogP contribution is 2.35. The zero-order valence-electron chi connectivity index (χ0n) is 15.4. The molecule has 0 saturated carbocycles. The van der Waals surface area contributed by atoms with E-state index >= 15 is 0 Å². The number of rotatable bonds is 4. The monoisotopic (exact) mass is 359 g/mol. The molecule has 1 unspecified atom stereocenters. The summed E-state index contributed by atoms with van der Waals surface area (Å²) in [6.07, 6.45) is 7.13. The lowest BCUT2D eigenvalue weighted by Crippen LogP contribution is -2.29. The van der Waals surface area contributed by atoms with E-state index in [-0.39, 0.29) is 12.1 Å². The number of hydrogen-bond donors (Lipinski definition) is 0. The molecule has 1 atom stereocenters. The van der Waals surface area contributed by atoms with Gasteiger partial charge in [-0.3, -0.25) is 0 Å². The third kappa shape index (κ3) is 3.12. The predicted molar refractivity (Wildman–Crippen MR) is 106 cm³/mol. The van der Waals surface area contributed by atoms with Crippen molar-refractivity contribution in [2.45, 2.75) is 20.0 Å². The Kier molecular flexibility index (Phi) is 4.50. The molecule has 0 aliphatic carbocycles. The van der Waals surface area contributed by atoms with Gasteiger partial charge in [0.05, 0.1) is 17.6 Å². The van der Waals surface area contributed by atoms with Crippen LogP contribution in [0.4, 0.5) is 0 Å². The van der Waals surface area contributed by atoms with Gasteiger partial charge >= 0.3 is 5.97 Å². The highest BCUT2D eigenvalue weighted by molar-refractivity contribution is 5.82. The van der Waals surface area contributed by atoms with Gasteiger partial charge in [-0.25, -0.2) is 9.78 Å². The number of carbonyl (C=O) groups excluding carboxylic acids is 1. The van der Waals surface area contributed by atoms with Crippen LogP contribution in [0, 0.1) is 6.92 Å². The number of hydrogen-bond acceptors (Lipinski definition) is 4. The largest absolute Gasteiger partial charge is 0.463 e. The highest BCUT2D eigenvalue weighted by atomic mass is 16.5. The Morgan fingerprint density at radius 3 is 2.81 bits per heavy atom. The van der Waals surface area contributed by atoms with E-state index in [2.05, 4.69) is 28.8 Å². The molecule has 2 heterocycles. The molecule has 0 saturated heterocycles. The van der Waals surface area contributed by atoms with Crippen molar-refractivity contribution in [3.63, 3.8) is 0 Å². The van der Waals surface area contributed by atoms with Crippen molar-refractivity contribution in [3.8, 4) is 0 Å². The van der Waals surface area contributed by atoms with Crippen molar-refractivity contribution in [1.82, 2.24) is 14.5 Å². The van der Waals surface area contributed by atoms with Crippen molar-refractivity contribution in [1.29, 1.82) is 0 Å². The maximum Gasteiger partial charge on any atom is 0.332 e. The molecule has 0 radical (unpaired) electrons. The molecular formula is C22H21N3O2. The second-order valence-electron chi connectivity index (χ2n) is 6.35. The molecule has 5 heteroatoms. The summed E-state index contributed by atoms with van der Waals surface area (Å²) in [5, 5.41) is 0. The smallest absolute Gasteiger partial charge is 0.332 e. The Labute approximate surface area is 158 Å². The van der Waals surface area contributed by atoms with Gasteiger partial charge in [-0.1, -0.05) is 36.4 Å². The normalized spacial score (nSPS) is 16.1. The number of fused-ring (bicyclic) bond motifs is 2. The minimum atomic E-state index is -0.351. The fraction of sp³-hybridized carbons (Fsp3) is 0.182. The summed E-state index contributed by atoms with van der Waals surface area (Å²) in [5.74, 6) is 0.566. The van der Waals surface area contributed by atoms with Crippen molar-refractivity contribution < 1.29 is 9.53 Å². The number of esters is 1. The summed E-state index contributed by atoms with van der Waals surface area (Å²) in [7, 11) is 0. The molecule has 0 fully saturated rings. The number of carbonyl (C=O) groups is 1. The Hall–Kier alpha value is -3.34. The fourth-order valence-corrected chi connectivity index (χ4v) is 3.52. The van der Waals surface area contributed by atoms with Crippen LogP contribution in [0.1, 0.15) is 30.0 Å². The molecule has 27 heavy (non-hydrogen) atoms. The predicted octanol–water partition coefficient (Wildman–Crippen LogP) is 4.25. The third-order valence-corrected chi connectivity index (χ3v) is 4.67. The first kappa shape index (κ1) is 17.1. The van der Waals surface area contributed by atoms with Gasteiger partial charge in [0.1, 0.15) is 12.0 Å². The van der Waals surface area contributed by atoms with Crippen LogP contribution in [0.3, 0.4) is 0 Å². The SMILES string of the molecule is CCOC(=O)/C=C/N1C=Cc2ccccc2C1n1c(C)nc2ccccc21. The fourth-order valence-electron chi connectivity index (χ4n) is 3.52. The quantitative estimate of drug-likeness (QED) is 0.516.